The second kappa shape index (κ2) is 8.52. The van der Waals surface area contributed by atoms with Crippen LogP contribution in [0.15, 0.2) is 47.4 Å². The molecule has 0 unspecified atom stereocenters. The fourth-order valence-corrected chi connectivity index (χ4v) is 4.57. The highest BCUT2D eigenvalue weighted by atomic mass is 35.5. The molecule has 154 valence electrons. The summed E-state index contributed by atoms with van der Waals surface area (Å²) in [7, 11) is -3.73. The lowest BCUT2D eigenvalue weighted by Gasteiger charge is -2.12. The minimum atomic E-state index is -3.73. The molecule has 0 aliphatic heterocycles. The number of carbonyl (C=O) groups is 1. The predicted molar refractivity (Wildman–Crippen MR) is 113 cm³/mol. The van der Waals surface area contributed by atoms with E-state index in [0.29, 0.717) is 12.4 Å². The molecular formula is C20H23ClN4O3S. The third-order valence-electron chi connectivity index (χ3n) is 4.34. The highest BCUT2D eigenvalue weighted by Crippen LogP contribution is 2.21. The first kappa shape index (κ1) is 21.3. The number of aromatic nitrogens is 2. The highest BCUT2D eigenvalue weighted by Gasteiger charge is 2.20. The zero-order chi connectivity index (χ0) is 21.2. The van der Waals surface area contributed by atoms with Crippen LogP contribution in [-0.4, -0.2) is 29.9 Å². The van der Waals surface area contributed by atoms with E-state index in [9.17, 15) is 13.2 Å². The smallest absolute Gasteiger partial charge is 0.253 e. The molecule has 1 amide bonds. The molecule has 9 heteroatoms. The van der Waals surface area contributed by atoms with Crippen LogP contribution in [0.2, 0.25) is 5.02 Å². The maximum atomic E-state index is 12.7. The molecule has 2 aromatic carbocycles. The van der Waals surface area contributed by atoms with Crippen LogP contribution in [0.1, 0.15) is 37.0 Å². The summed E-state index contributed by atoms with van der Waals surface area (Å²) < 4.78 is 29.3. The van der Waals surface area contributed by atoms with E-state index in [0.717, 1.165) is 11.0 Å². The van der Waals surface area contributed by atoms with Gasteiger partial charge in [0, 0.05) is 12.6 Å². The number of hydrogen-bond donors (Lipinski definition) is 2. The van der Waals surface area contributed by atoms with Crippen LogP contribution in [0.4, 0.5) is 0 Å². The molecular weight excluding hydrogens is 412 g/mol. The molecule has 3 rings (SSSR count). The summed E-state index contributed by atoms with van der Waals surface area (Å²) in [5.74, 6) is 0.245. The highest BCUT2D eigenvalue weighted by molar-refractivity contribution is 7.89. The Morgan fingerprint density at radius 2 is 1.93 bits per heavy atom. The summed E-state index contributed by atoms with van der Waals surface area (Å²) in [6, 6.07) is 11.5. The van der Waals surface area contributed by atoms with Gasteiger partial charge in [0.1, 0.15) is 5.82 Å². The average Bonchev–Trinajstić information content (AvgIpc) is 3.02. The van der Waals surface area contributed by atoms with E-state index in [1.54, 1.807) is 13.8 Å². The molecule has 1 heterocycles. The van der Waals surface area contributed by atoms with E-state index in [1.807, 2.05) is 35.8 Å². The molecule has 29 heavy (non-hydrogen) atoms. The molecule has 0 saturated carbocycles. The maximum Gasteiger partial charge on any atom is 0.253 e. The second-order valence-corrected chi connectivity index (χ2v) is 8.98. The zero-order valence-electron chi connectivity index (χ0n) is 16.4. The minimum Gasteiger partial charge on any atom is -0.345 e. The van der Waals surface area contributed by atoms with Gasteiger partial charge in [-0.05, 0) is 51.1 Å². The van der Waals surface area contributed by atoms with Gasteiger partial charge in [-0.3, -0.25) is 4.79 Å². The molecule has 0 bridgehead atoms. The number of aryl methyl sites for hydroxylation is 1. The Bertz CT molecular complexity index is 1160. The van der Waals surface area contributed by atoms with Gasteiger partial charge in [-0.25, -0.2) is 18.1 Å². The molecule has 0 saturated heterocycles. The molecule has 0 fully saturated rings. The first-order valence-corrected chi connectivity index (χ1v) is 11.1. The van der Waals surface area contributed by atoms with Crippen molar-refractivity contribution in [2.24, 2.45) is 0 Å². The van der Waals surface area contributed by atoms with Crippen molar-refractivity contribution in [3.8, 4) is 0 Å². The number of fused-ring (bicyclic) bond motifs is 1. The van der Waals surface area contributed by atoms with Crippen molar-refractivity contribution in [3.05, 3.63) is 58.9 Å². The molecule has 0 atom stereocenters. The monoisotopic (exact) mass is 434 g/mol. The number of para-hydroxylation sites is 2. The quantitative estimate of drug-likeness (QED) is 0.596. The Kier molecular flexibility index (Phi) is 6.26. The first-order valence-electron chi connectivity index (χ1n) is 9.27. The van der Waals surface area contributed by atoms with Crippen LogP contribution in [0.3, 0.4) is 0 Å². The lowest BCUT2D eigenvalue weighted by molar-refractivity contribution is 0.0949. The van der Waals surface area contributed by atoms with Crippen molar-refractivity contribution in [1.82, 2.24) is 19.6 Å². The lowest BCUT2D eigenvalue weighted by atomic mass is 10.2. The molecule has 2 N–H and O–H groups in total. The summed E-state index contributed by atoms with van der Waals surface area (Å²) in [6.45, 7) is 6.36. The van der Waals surface area contributed by atoms with Crippen LogP contribution in [0.5, 0.6) is 0 Å². The fourth-order valence-electron chi connectivity index (χ4n) is 3.09. The number of halogens is 1. The van der Waals surface area contributed by atoms with Crippen molar-refractivity contribution >= 4 is 38.6 Å². The lowest BCUT2D eigenvalue weighted by Crippen LogP contribution is -2.30. The predicted octanol–water partition coefficient (Wildman–Crippen LogP) is 3.33. The number of benzene rings is 2. The summed E-state index contributed by atoms with van der Waals surface area (Å²) in [4.78, 5) is 17.3. The van der Waals surface area contributed by atoms with Gasteiger partial charge in [0.25, 0.3) is 5.91 Å². The average molecular weight is 435 g/mol. The van der Waals surface area contributed by atoms with E-state index in [1.165, 1.54) is 18.2 Å². The molecule has 0 aliphatic carbocycles. The number of rotatable bonds is 7. The third kappa shape index (κ3) is 4.60. The van der Waals surface area contributed by atoms with Gasteiger partial charge in [0.05, 0.1) is 33.1 Å². The molecule has 0 aliphatic rings. The standard InChI is InChI=1S/C20H23ClN4O3S/c1-4-25-18-8-6-5-7-17(18)23-19(25)12-22-20(26)15-11-14(9-10-16(15)21)29(27,28)24-13(2)3/h5-11,13,24H,4,12H2,1-3H3,(H,22,26). The topological polar surface area (TPSA) is 93.1 Å². The summed E-state index contributed by atoms with van der Waals surface area (Å²) in [6.07, 6.45) is 0. The van der Waals surface area contributed by atoms with Crippen LogP contribution < -0.4 is 10.0 Å². The number of imidazole rings is 1. The van der Waals surface area contributed by atoms with Crippen LogP contribution >= 0.6 is 11.6 Å². The van der Waals surface area contributed by atoms with Crippen molar-refractivity contribution in [2.45, 2.75) is 44.8 Å². The Balaban J connectivity index is 1.84. The summed E-state index contributed by atoms with van der Waals surface area (Å²) in [5.41, 5.74) is 1.94. The molecule has 0 spiro atoms. The molecule has 1 aromatic heterocycles. The molecule has 0 radical (unpaired) electrons. The Morgan fingerprint density at radius 1 is 1.21 bits per heavy atom. The van der Waals surface area contributed by atoms with Crippen molar-refractivity contribution in [2.75, 3.05) is 0 Å². The number of hydrogen-bond acceptors (Lipinski definition) is 4. The zero-order valence-corrected chi connectivity index (χ0v) is 18.0. The van der Waals surface area contributed by atoms with Crippen LogP contribution in [0.25, 0.3) is 11.0 Å². The SMILES string of the molecule is CCn1c(CNC(=O)c2cc(S(=O)(=O)NC(C)C)ccc2Cl)nc2ccccc21. The van der Waals surface area contributed by atoms with Gasteiger partial charge in [0.15, 0.2) is 0 Å². The van der Waals surface area contributed by atoms with Gasteiger partial charge in [0.2, 0.25) is 10.0 Å². The van der Waals surface area contributed by atoms with Gasteiger partial charge in [-0.1, -0.05) is 23.7 Å². The number of nitrogens with zero attached hydrogens (tertiary/aromatic N) is 2. The largest absolute Gasteiger partial charge is 0.345 e. The van der Waals surface area contributed by atoms with Gasteiger partial charge >= 0.3 is 0 Å². The number of carbonyl (C=O) groups excluding carboxylic acids is 1. The maximum absolute atomic E-state index is 12.7. The Labute approximate surface area is 175 Å². The Morgan fingerprint density at radius 3 is 2.62 bits per heavy atom. The third-order valence-corrected chi connectivity index (χ3v) is 6.33. The number of sulfonamides is 1. The van der Waals surface area contributed by atoms with E-state index < -0.39 is 15.9 Å². The normalized spacial score (nSPS) is 11.9. The van der Waals surface area contributed by atoms with Crippen molar-refractivity contribution in [3.63, 3.8) is 0 Å². The second-order valence-electron chi connectivity index (χ2n) is 6.86. The molecule has 7 nitrogen and oxygen atoms in total. The van der Waals surface area contributed by atoms with Crippen molar-refractivity contribution in [1.29, 1.82) is 0 Å². The van der Waals surface area contributed by atoms with Crippen LogP contribution in [-0.2, 0) is 23.1 Å². The van der Waals surface area contributed by atoms with E-state index in [2.05, 4.69) is 15.0 Å². The van der Waals surface area contributed by atoms with E-state index >= 15 is 0 Å². The van der Waals surface area contributed by atoms with Gasteiger partial charge in [-0.15, -0.1) is 0 Å². The summed E-state index contributed by atoms with van der Waals surface area (Å²) >= 11 is 6.15. The summed E-state index contributed by atoms with van der Waals surface area (Å²) in [5, 5.41) is 2.97. The molecule has 3 aromatic rings. The van der Waals surface area contributed by atoms with Gasteiger partial charge in [-0.2, -0.15) is 0 Å². The van der Waals surface area contributed by atoms with Crippen LogP contribution in [0, 0.1) is 0 Å². The van der Waals surface area contributed by atoms with Gasteiger partial charge < -0.3 is 9.88 Å². The number of nitrogens with one attached hydrogen (secondary N) is 2. The minimum absolute atomic E-state index is 0.0125. The van der Waals surface area contributed by atoms with E-state index in [-0.39, 0.29) is 28.1 Å². The fraction of sp³-hybridized carbons (Fsp3) is 0.300. The Hall–Kier alpha value is -2.42. The van der Waals surface area contributed by atoms with Crippen molar-refractivity contribution < 1.29 is 13.2 Å². The number of amides is 1. The first-order chi connectivity index (χ1) is 13.7. The van der Waals surface area contributed by atoms with E-state index in [4.69, 9.17) is 11.6 Å².